The van der Waals surface area contributed by atoms with Crippen molar-refractivity contribution in [3.05, 3.63) is 64.1 Å². The van der Waals surface area contributed by atoms with Gasteiger partial charge in [0.15, 0.2) is 11.0 Å². The maximum atomic E-state index is 12.0. The summed E-state index contributed by atoms with van der Waals surface area (Å²) in [7, 11) is 1.84. The van der Waals surface area contributed by atoms with E-state index in [9.17, 15) is 4.79 Å². The van der Waals surface area contributed by atoms with E-state index >= 15 is 0 Å². The predicted octanol–water partition coefficient (Wildman–Crippen LogP) is 4.03. The number of carbonyl (C=O) groups is 1. The largest absolute Gasteiger partial charge is 0.305 e. The molecule has 1 N–H and O–H groups in total. The van der Waals surface area contributed by atoms with Gasteiger partial charge in [-0.05, 0) is 29.8 Å². The second kappa shape index (κ2) is 9.03. The standard InChI is InChI=1S/C18H15Cl2N5OS/c1-25-17(13-3-2-4-15(20)9-13)23-24-18(25)27-11-16(26)22-21-10-12-5-7-14(19)8-6-12/h2-10H,11H2,1H3,(H,22,26). The van der Waals surface area contributed by atoms with Crippen LogP contribution in [-0.4, -0.2) is 32.6 Å². The van der Waals surface area contributed by atoms with Crippen LogP contribution >= 0.6 is 35.0 Å². The highest BCUT2D eigenvalue weighted by atomic mass is 35.5. The van der Waals surface area contributed by atoms with Crippen LogP contribution in [0.5, 0.6) is 0 Å². The van der Waals surface area contributed by atoms with Gasteiger partial charge in [0.2, 0.25) is 0 Å². The lowest BCUT2D eigenvalue weighted by atomic mass is 10.2. The molecule has 1 heterocycles. The number of nitrogens with zero attached hydrogens (tertiary/aromatic N) is 4. The first-order chi connectivity index (χ1) is 13.0. The van der Waals surface area contributed by atoms with Gasteiger partial charge in [0.25, 0.3) is 5.91 Å². The zero-order valence-electron chi connectivity index (χ0n) is 14.3. The molecule has 27 heavy (non-hydrogen) atoms. The Morgan fingerprint density at radius 1 is 1.19 bits per heavy atom. The summed E-state index contributed by atoms with van der Waals surface area (Å²) in [5.41, 5.74) is 4.19. The third-order valence-corrected chi connectivity index (χ3v) is 5.03. The Balaban J connectivity index is 1.55. The first kappa shape index (κ1) is 19.4. The van der Waals surface area contributed by atoms with Crippen molar-refractivity contribution in [2.24, 2.45) is 12.1 Å². The van der Waals surface area contributed by atoms with Gasteiger partial charge in [-0.3, -0.25) is 4.79 Å². The number of aromatic nitrogens is 3. The van der Waals surface area contributed by atoms with Gasteiger partial charge in [-0.1, -0.05) is 59.2 Å². The second-order valence-corrected chi connectivity index (χ2v) is 7.32. The van der Waals surface area contributed by atoms with Gasteiger partial charge in [0, 0.05) is 22.7 Å². The summed E-state index contributed by atoms with van der Waals surface area (Å²) in [6, 6.07) is 14.5. The molecular weight excluding hydrogens is 405 g/mol. The first-order valence-corrected chi connectivity index (χ1v) is 9.62. The fraction of sp³-hybridized carbons (Fsp3) is 0.111. The molecule has 2 aromatic carbocycles. The van der Waals surface area contributed by atoms with Crippen LogP contribution in [0.1, 0.15) is 5.56 Å². The van der Waals surface area contributed by atoms with Crippen molar-refractivity contribution in [3.63, 3.8) is 0 Å². The minimum atomic E-state index is -0.238. The first-order valence-electron chi connectivity index (χ1n) is 7.88. The quantitative estimate of drug-likeness (QED) is 0.371. The molecule has 0 bridgehead atoms. The Morgan fingerprint density at radius 2 is 1.96 bits per heavy atom. The minimum Gasteiger partial charge on any atom is -0.305 e. The van der Waals surface area contributed by atoms with E-state index in [1.807, 2.05) is 41.9 Å². The van der Waals surface area contributed by atoms with E-state index in [-0.39, 0.29) is 11.7 Å². The van der Waals surface area contributed by atoms with Crippen LogP contribution in [0, 0.1) is 0 Å². The number of amides is 1. The van der Waals surface area contributed by atoms with Gasteiger partial charge in [0.1, 0.15) is 0 Å². The van der Waals surface area contributed by atoms with Crippen molar-refractivity contribution < 1.29 is 4.79 Å². The van der Waals surface area contributed by atoms with Crippen LogP contribution in [0.2, 0.25) is 10.0 Å². The zero-order chi connectivity index (χ0) is 19.2. The highest BCUT2D eigenvalue weighted by Gasteiger charge is 2.13. The normalized spacial score (nSPS) is 11.1. The van der Waals surface area contributed by atoms with E-state index in [2.05, 4.69) is 20.7 Å². The van der Waals surface area contributed by atoms with Crippen molar-refractivity contribution in [2.45, 2.75) is 5.16 Å². The highest BCUT2D eigenvalue weighted by Crippen LogP contribution is 2.24. The fourth-order valence-electron chi connectivity index (χ4n) is 2.21. The molecule has 3 aromatic rings. The molecular formula is C18H15Cl2N5OS. The lowest BCUT2D eigenvalue weighted by Gasteiger charge is -2.04. The highest BCUT2D eigenvalue weighted by molar-refractivity contribution is 7.99. The summed E-state index contributed by atoms with van der Waals surface area (Å²) < 4.78 is 1.82. The van der Waals surface area contributed by atoms with E-state index in [0.717, 1.165) is 11.1 Å². The molecule has 9 heteroatoms. The molecule has 0 fully saturated rings. The molecule has 6 nitrogen and oxygen atoms in total. The summed E-state index contributed by atoms with van der Waals surface area (Å²) in [5.74, 6) is 0.609. The lowest BCUT2D eigenvalue weighted by Crippen LogP contribution is -2.19. The molecule has 0 radical (unpaired) electrons. The van der Waals surface area contributed by atoms with Gasteiger partial charge in [-0.2, -0.15) is 5.10 Å². The number of hydrazone groups is 1. The molecule has 138 valence electrons. The SMILES string of the molecule is Cn1c(SCC(=O)NN=Cc2ccc(Cl)cc2)nnc1-c1cccc(Cl)c1. The number of carbonyl (C=O) groups excluding carboxylic acids is 1. The monoisotopic (exact) mass is 419 g/mol. The minimum absolute atomic E-state index is 0.166. The van der Waals surface area contributed by atoms with Crippen LogP contribution in [0.15, 0.2) is 58.8 Å². The molecule has 0 saturated heterocycles. The lowest BCUT2D eigenvalue weighted by molar-refractivity contribution is -0.118. The molecule has 1 amide bonds. The topological polar surface area (TPSA) is 72.2 Å². The molecule has 1 aromatic heterocycles. The summed E-state index contributed by atoms with van der Waals surface area (Å²) in [6.45, 7) is 0. The molecule has 3 rings (SSSR count). The van der Waals surface area contributed by atoms with Gasteiger partial charge in [-0.15, -0.1) is 10.2 Å². The Labute approximate surface area is 170 Å². The maximum Gasteiger partial charge on any atom is 0.250 e. The van der Waals surface area contributed by atoms with Gasteiger partial charge < -0.3 is 4.57 Å². The van der Waals surface area contributed by atoms with E-state index in [1.165, 1.54) is 11.8 Å². The predicted molar refractivity (Wildman–Crippen MR) is 109 cm³/mol. The molecule has 0 aliphatic heterocycles. The van der Waals surface area contributed by atoms with Gasteiger partial charge in [0.05, 0.1) is 12.0 Å². The summed E-state index contributed by atoms with van der Waals surface area (Å²) in [6.07, 6.45) is 1.55. The van der Waals surface area contributed by atoms with Crippen molar-refractivity contribution in [1.29, 1.82) is 0 Å². The molecule has 0 unspecified atom stereocenters. The number of hydrogen-bond acceptors (Lipinski definition) is 5. The van der Waals surface area contributed by atoms with E-state index in [0.29, 0.717) is 21.0 Å². The maximum absolute atomic E-state index is 12.0. The summed E-state index contributed by atoms with van der Waals surface area (Å²) in [4.78, 5) is 12.0. The Morgan fingerprint density at radius 3 is 2.70 bits per heavy atom. The van der Waals surface area contributed by atoms with Crippen LogP contribution in [-0.2, 0) is 11.8 Å². The van der Waals surface area contributed by atoms with E-state index in [1.54, 1.807) is 24.4 Å². The van der Waals surface area contributed by atoms with Crippen LogP contribution in [0.3, 0.4) is 0 Å². The number of nitrogens with one attached hydrogen (secondary N) is 1. The van der Waals surface area contributed by atoms with Crippen LogP contribution in [0.25, 0.3) is 11.4 Å². The number of rotatable bonds is 6. The van der Waals surface area contributed by atoms with E-state index in [4.69, 9.17) is 23.2 Å². The van der Waals surface area contributed by atoms with Crippen molar-refractivity contribution in [3.8, 4) is 11.4 Å². The average molecular weight is 420 g/mol. The Bertz CT molecular complexity index is 972. The van der Waals surface area contributed by atoms with Crippen LogP contribution < -0.4 is 5.43 Å². The van der Waals surface area contributed by atoms with E-state index < -0.39 is 0 Å². The summed E-state index contributed by atoms with van der Waals surface area (Å²) >= 11 is 13.1. The average Bonchev–Trinajstić information content (AvgIpc) is 3.02. The van der Waals surface area contributed by atoms with Gasteiger partial charge >= 0.3 is 0 Å². The number of benzene rings is 2. The third kappa shape index (κ3) is 5.32. The number of thioether (sulfide) groups is 1. The van der Waals surface area contributed by atoms with Gasteiger partial charge in [-0.25, -0.2) is 5.43 Å². The zero-order valence-corrected chi connectivity index (χ0v) is 16.6. The molecule has 0 aliphatic carbocycles. The Kier molecular flexibility index (Phi) is 6.49. The molecule has 0 atom stereocenters. The summed E-state index contributed by atoms with van der Waals surface area (Å²) in [5, 5.41) is 14.1. The molecule has 0 spiro atoms. The Hall–Kier alpha value is -2.35. The molecule has 0 aliphatic rings. The number of hydrogen-bond donors (Lipinski definition) is 1. The van der Waals surface area contributed by atoms with Crippen molar-refractivity contribution in [2.75, 3.05) is 5.75 Å². The number of halogens is 2. The fourth-order valence-corrected chi connectivity index (χ4v) is 3.23. The second-order valence-electron chi connectivity index (χ2n) is 5.51. The molecule has 0 saturated carbocycles. The van der Waals surface area contributed by atoms with Crippen molar-refractivity contribution >= 4 is 47.1 Å². The smallest absolute Gasteiger partial charge is 0.250 e. The third-order valence-electron chi connectivity index (χ3n) is 3.52. The van der Waals surface area contributed by atoms with Crippen molar-refractivity contribution in [1.82, 2.24) is 20.2 Å². The van der Waals surface area contributed by atoms with Crippen LogP contribution in [0.4, 0.5) is 0 Å².